The molecule has 0 fully saturated rings. The highest BCUT2D eigenvalue weighted by Gasteiger charge is 2.23. The highest BCUT2D eigenvalue weighted by Crippen LogP contribution is 2.35. The maximum Gasteiger partial charge on any atom is 0.268 e. The van der Waals surface area contributed by atoms with Crippen molar-refractivity contribution in [3.63, 3.8) is 0 Å². The third-order valence-electron chi connectivity index (χ3n) is 5.22. The Kier molecular flexibility index (Phi) is 5.62. The molecule has 0 aliphatic carbocycles. The normalized spacial score (nSPS) is 11.8. The van der Waals surface area contributed by atoms with Crippen LogP contribution in [-0.2, 0) is 0 Å². The smallest absolute Gasteiger partial charge is 0.268 e. The Morgan fingerprint density at radius 3 is 2.64 bits per heavy atom. The van der Waals surface area contributed by atoms with Crippen molar-refractivity contribution in [2.75, 3.05) is 16.8 Å². The van der Waals surface area contributed by atoms with E-state index in [1.165, 1.54) is 34.7 Å². The summed E-state index contributed by atoms with van der Waals surface area (Å²) in [5.41, 5.74) is 12.5. The number of hydrogen-bond donors (Lipinski definition) is 3. The van der Waals surface area contributed by atoms with Crippen molar-refractivity contribution in [1.82, 2.24) is 14.4 Å². The van der Waals surface area contributed by atoms with Crippen molar-refractivity contribution in [2.45, 2.75) is 19.4 Å². The van der Waals surface area contributed by atoms with Gasteiger partial charge in [-0.3, -0.25) is 9.20 Å². The summed E-state index contributed by atoms with van der Waals surface area (Å²) in [5, 5.41) is 3.13. The molecule has 3 aromatic heterocycles. The Bertz CT molecular complexity index is 1480. The summed E-state index contributed by atoms with van der Waals surface area (Å²) < 4.78 is 29.1. The van der Waals surface area contributed by atoms with E-state index in [1.54, 1.807) is 12.1 Å². The van der Waals surface area contributed by atoms with Crippen LogP contribution in [0.3, 0.4) is 0 Å². The number of aromatic nitrogens is 3. The summed E-state index contributed by atoms with van der Waals surface area (Å²) in [6, 6.07) is 9.51. The molecule has 5 N–H and O–H groups in total. The predicted octanol–water partition coefficient (Wildman–Crippen LogP) is 4.31. The quantitative estimate of drug-likeness (QED) is 0.393. The number of rotatable bonds is 5. The molecule has 1 atom stereocenters. The molecule has 4 rings (SSSR count). The van der Waals surface area contributed by atoms with Gasteiger partial charge < -0.3 is 16.8 Å². The van der Waals surface area contributed by atoms with Crippen LogP contribution in [0.5, 0.6) is 0 Å². The summed E-state index contributed by atoms with van der Waals surface area (Å²) in [6.07, 6.45) is 1.54. The lowest BCUT2D eigenvalue weighted by Crippen LogP contribution is -2.22. The second kappa shape index (κ2) is 8.55. The largest absolute Gasteiger partial charge is 0.392 e. The van der Waals surface area contributed by atoms with Crippen molar-refractivity contribution in [1.29, 1.82) is 0 Å². The van der Waals surface area contributed by atoms with Gasteiger partial charge in [0.25, 0.3) is 11.2 Å². The van der Waals surface area contributed by atoms with Gasteiger partial charge in [-0.15, -0.1) is 0 Å². The minimum absolute atomic E-state index is 0.00506. The predicted molar refractivity (Wildman–Crippen MR) is 123 cm³/mol. The van der Waals surface area contributed by atoms with Gasteiger partial charge in [-0.1, -0.05) is 19.1 Å². The molecule has 0 radical (unpaired) electrons. The van der Waals surface area contributed by atoms with E-state index < -0.39 is 23.2 Å². The van der Waals surface area contributed by atoms with Crippen LogP contribution >= 0.6 is 0 Å². The van der Waals surface area contributed by atoms with Crippen LogP contribution in [0.15, 0.2) is 53.5 Å². The molecule has 0 saturated carbocycles. The van der Waals surface area contributed by atoms with Gasteiger partial charge in [0.1, 0.15) is 23.3 Å². The molecule has 1 aromatic carbocycles. The molecule has 0 saturated heterocycles. The van der Waals surface area contributed by atoms with Crippen molar-refractivity contribution < 1.29 is 8.78 Å². The Morgan fingerprint density at radius 2 is 1.94 bits per heavy atom. The molecule has 8 nitrogen and oxygen atoms in total. The summed E-state index contributed by atoms with van der Waals surface area (Å²) in [6.45, 7) is 9.28. The summed E-state index contributed by atoms with van der Waals surface area (Å²) in [4.78, 5) is 24.7. The molecule has 166 valence electrons. The van der Waals surface area contributed by atoms with Gasteiger partial charge in [-0.2, -0.15) is 0 Å². The lowest BCUT2D eigenvalue weighted by molar-refractivity contribution is 0.617. The van der Waals surface area contributed by atoms with Gasteiger partial charge in [0.2, 0.25) is 5.95 Å². The number of nitrogen functional groups attached to an aromatic ring is 2. The van der Waals surface area contributed by atoms with E-state index in [-0.39, 0.29) is 28.8 Å². The minimum atomic E-state index is -0.582. The van der Waals surface area contributed by atoms with Gasteiger partial charge in [0.05, 0.1) is 18.2 Å². The summed E-state index contributed by atoms with van der Waals surface area (Å²) in [7, 11) is 0. The number of nitrogens with one attached hydrogen (secondary N) is 1. The third kappa shape index (κ3) is 4.04. The number of nitrogens with zero attached hydrogens (tertiary/aromatic N) is 4. The van der Waals surface area contributed by atoms with Crippen LogP contribution in [0.2, 0.25) is 0 Å². The second-order valence-electron chi connectivity index (χ2n) is 7.31. The molecule has 33 heavy (non-hydrogen) atoms. The number of fused-ring (bicyclic) bond motifs is 1. The molecule has 3 heterocycles. The molecule has 0 spiro atoms. The Morgan fingerprint density at radius 1 is 1.15 bits per heavy atom. The van der Waals surface area contributed by atoms with Crippen molar-refractivity contribution in [3.05, 3.63) is 87.6 Å². The van der Waals surface area contributed by atoms with Crippen LogP contribution in [0.25, 0.3) is 21.5 Å². The molecule has 0 aliphatic heterocycles. The SMILES string of the molecule is [C-]#[N+]c1c(N)nc(N)nc1N[C@H](CC)c1cc2ccc(F)cn2c(=O)c1-c1cccc(F)c1. The van der Waals surface area contributed by atoms with E-state index in [9.17, 15) is 13.6 Å². The first-order valence-electron chi connectivity index (χ1n) is 10.00. The number of benzene rings is 1. The third-order valence-corrected chi connectivity index (χ3v) is 5.22. The fourth-order valence-corrected chi connectivity index (χ4v) is 3.73. The molecule has 0 bridgehead atoms. The first kappa shape index (κ1) is 21.7. The second-order valence-corrected chi connectivity index (χ2v) is 7.31. The van der Waals surface area contributed by atoms with E-state index in [2.05, 4.69) is 20.1 Å². The lowest BCUT2D eigenvalue weighted by atomic mass is 9.94. The van der Waals surface area contributed by atoms with E-state index in [1.807, 2.05) is 6.92 Å². The Balaban J connectivity index is 1.97. The topological polar surface area (TPSA) is 116 Å². The number of anilines is 3. The average molecular weight is 447 g/mol. The van der Waals surface area contributed by atoms with Gasteiger partial charge in [0, 0.05) is 11.7 Å². The molecule has 0 amide bonds. The van der Waals surface area contributed by atoms with E-state index in [4.69, 9.17) is 18.0 Å². The first-order valence-corrected chi connectivity index (χ1v) is 10.00. The van der Waals surface area contributed by atoms with Crippen LogP contribution in [0.4, 0.5) is 32.1 Å². The van der Waals surface area contributed by atoms with Gasteiger partial charge in [0.15, 0.2) is 0 Å². The number of halogens is 2. The molecule has 10 heteroatoms. The monoisotopic (exact) mass is 447 g/mol. The van der Waals surface area contributed by atoms with Crippen LogP contribution < -0.4 is 22.3 Å². The number of pyridine rings is 2. The minimum Gasteiger partial charge on any atom is -0.392 e. The van der Waals surface area contributed by atoms with E-state index >= 15 is 0 Å². The first-order chi connectivity index (χ1) is 15.8. The van der Waals surface area contributed by atoms with Crippen LogP contribution in [-0.4, -0.2) is 14.4 Å². The molecule has 4 aromatic rings. The zero-order valence-electron chi connectivity index (χ0n) is 17.5. The highest BCUT2D eigenvalue weighted by atomic mass is 19.1. The summed E-state index contributed by atoms with van der Waals surface area (Å²) >= 11 is 0. The molecule has 0 aliphatic rings. The fraction of sp³-hybridized carbons (Fsp3) is 0.130. The Hall–Kier alpha value is -4.52. The fourth-order valence-electron chi connectivity index (χ4n) is 3.73. The van der Waals surface area contributed by atoms with Crippen molar-refractivity contribution >= 4 is 28.8 Å². The van der Waals surface area contributed by atoms with Gasteiger partial charge in [-0.05, 0) is 47.9 Å². The number of nitrogens with two attached hydrogens (primary N) is 2. The van der Waals surface area contributed by atoms with Gasteiger partial charge in [-0.25, -0.2) is 23.6 Å². The van der Waals surface area contributed by atoms with Crippen LogP contribution in [0, 0.1) is 18.2 Å². The lowest BCUT2D eigenvalue weighted by Gasteiger charge is -2.23. The maximum atomic E-state index is 14.0. The molecular weight excluding hydrogens is 428 g/mol. The average Bonchev–Trinajstić information content (AvgIpc) is 2.77. The van der Waals surface area contributed by atoms with E-state index in [0.29, 0.717) is 23.1 Å². The zero-order valence-corrected chi connectivity index (χ0v) is 17.5. The van der Waals surface area contributed by atoms with Crippen molar-refractivity contribution in [2.24, 2.45) is 0 Å². The van der Waals surface area contributed by atoms with Gasteiger partial charge >= 0.3 is 0 Å². The zero-order chi connectivity index (χ0) is 23.7. The molecule has 0 unspecified atom stereocenters. The van der Waals surface area contributed by atoms with Crippen molar-refractivity contribution in [3.8, 4) is 11.1 Å². The maximum absolute atomic E-state index is 14.0. The van der Waals surface area contributed by atoms with Crippen LogP contribution in [0.1, 0.15) is 24.9 Å². The standard InChI is InChI=1S/C23H19F2N7O/c1-3-17(29-21-19(28-2)20(26)30-23(27)31-21)16-10-15-8-7-14(25)11-32(15)22(33)18(16)12-5-4-6-13(24)9-12/h4-11,17H,3H2,1H3,(H5,26,27,29,30,31)/t17-/m1/s1. The number of hydrogen-bond acceptors (Lipinski definition) is 6. The summed E-state index contributed by atoms with van der Waals surface area (Å²) in [5.74, 6) is -1.17. The molecular formula is C23H19F2N7O. The highest BCUT2D eigenvalue weighted by molar-refractivity contribution is 5.79. The Labute approximate surface area is 187 Å². The van der Waals surface area contributed by atoms with E-state index in [0.717, 1.165) is 6.20 Å².